The monoisotopic (exact) mass is 316 g/mol. The summed E-state index contributed by atoms with van der Waals surface area (Å²) in [7, 11) is 0.177. The lowest BCUT2D eigenvalue weighted by Crippen LogP contribution is -2.71. The van der Waals surface area contributed by atoms with Crippen molar-refractivity contribution in [2.45, 2.75) is 41.2 Å². The third-order valence-electron chi connectivity index (χ3n) is 3.77. The molecule has 0 heterocycles. The van der Waals surface area contributed by atoms with Gasteiger partial charge < -0.3 is 4.74 Å². The van der Waals surface area contributed by atoms with Crippen molar-refractivity contribution in [1.82, 2.24) is 0 Å². The zero-order chi connectivity index (χ0) is 16.0. The van der Waals surface area contributed by atoms with Crippen LogP contribution in [0.1, 0.15) is 6.42 Å². The molecule has 2 aliphatic rings. The van der Waals surface area contributed by atoms with E-state index in [-0.39, 0.29) is 7.11 Å². The Balaban J connectivity index is 2.88. The molecule has 0 spiro atoms. The van der Waals surface area contributed by atoms with Gasteiger partial charge >= 0.3 is 23.5 Å². The Kier molecular flexibility index (Phi) is 2.43. The Morgan fingerprint density at radius 2 is 1.35 bits per heavy atom. The maximum Gasteiger partial charge on any atom is 0.354 e. The molecule has 0 N–H and O–H groups in total. The Hall–Kier alpha value is -1.16. The van der Waals surface area contributed by atoms with Gasteiger partial charge in [-0.05, 0) is 0 Å². The summed E-state index contributed by atoms with van der Waals surface area (Å²) in [5, 5.41) is 0. The van der Waals surface area contributed by atoms with Crippen LogP contribution in [0, 0.1) is 0 Å². The molecule has 0 saturated heterocycles. The Morgan fingerprint density at radius 1 is 0.900 bits per heavy atom. The quantitative estimate of drug-likeness (QED) is 0.549. The van der Waals surface area contributed by atoms with E-state index in [4.69, 9.17) is 0 Å². The van der Waals surface area contributed by atoms with E-state index in [1.54, 1.807) is 0 Å². The van der Waals surface area contributed by atoms with Crippen molar-refractivity contribution >= 4 is 5.97 Å². The molecular formula is C9H5F9O2. The van der Waals surface area contributed by atoms with E-state index in [9.17, 15) is 44.3 Å². The summed E-state index contributed by atoms with van der Waals surface area (Å²) in [5.41, 5.74) is -17.5. The van der Waals surface area contributed by atoms with Gasteiger partial charge in [0, 0.05) is 0 Å². The van der Waals surface area contributed by atoms with Gasteiger partial charge in [0.25, 0.3) is 11.6 Å². The van der Waals surface area contributed by atoms with E-state index in [1.165, 1.54) is 0 Å². The van der Waals surface area contributed by atoms with Crippen LogP contribution in [0.2, 0.25) is 0 Å². The second-order valence-electron chi connectivity index (χ2n) is 4.64. The lowest BCUT2D eigenvalue weighted by Gasteiger charge is -2.40. The smallest absolute Gasteiger partial charge is 0.354 e. The van der Waals surface area contributed by atoms with Gasteiger partial charge in [-0.25, -0.2) is 26.7 Å². The van der Waals surface area contributed by atoms with Gasteiger partial charge in [0.1, 0.15) is 0 Å². The number of alkyl halides is 9. The fourth-order valence-corrected chi connectivity index (χ4v) is 2.72. The van der Waals surface area contributed by atoms with Crippen molar-refractivity contribution in [3.8, 4) is 0 Å². The number of methoxy groups -OCH3 is 1. The predicted molar refractivity (Wildman–Crippen MR) is 43.0 cm³/mol. The highest BCUT2D eigenvalue weighted by molar-refractivity contribution is 5.86. The van der Waals surface area contributed by atoms with Crippen LogP contribution in [0.4, 0.5) is 39.5 Å². The molecule has 2 saturated carbocycles. The molecule has 2 nitrogen and oxygen atoms in total. The summed E-state index contributed by atoms with van der Waals surface area (Å²) in [5.74, 6) is -20.7. The van der Waals surface area contributed by atoms with Crippen molar-refractivity contribution in [3.05, 3.63) is 0 Å². The molecule has 0 aromatic carbocycles. The Labute approximate surface area is 104 Å². The van der Waals surface area contributed by atoms with E-state index in [1.807, 2.05) is 0 Å². The average Bonchev–Trinajstić information content (AvgIpc) is 2.46. The molecule has 0 amide bonds. The van der Waals surface area contributed by atoms with Gasteiger partial charge in [0.15, 0.2) is 0 Å². The van der Waals surface area contributed by atoms with Crippen molar-refractivity contribution in [1.29, 1.82) is 0 Å². The summed E-state index contributed by atoms with van der Waals surface area (Å²) in [6.07, 6.45) is -2.96. The second kappa shape index (κ2) is 3.19. The number of fused-ring (bicyclic) bond motifs is 2. The topological polar surface area (TPSA) is 26.3 Å². The van der Waals surface area contributed by atoms with Crippen LogP contribution in [0.25, 0.3) is 0 Å². The first-order chi connectivity index (χ1) is 8.69. The molecule has 3 unspecified atom stereocenters. The molecule has 0 aromatic rings. The minimum Gasteiger partial charge on any atom is -0.466 e. The number of carbonyl (C=O) groups excluding carboxylic acids is 1. The largest absolute Gasteiger partial charge is 0.466 e. The Morgan fingerprint density at radius 3 is 1.70 bits per heavy atom. The second-order valence-corrected chi connectivity index (χ2v) is 4.64. The van der Waals surface area contributed by atoms with Crippen LogP contribution >= 0.6 is 0 Å². The van der Waals surface area contributed by atoms with Crippen molar-refractivity contribution in [2.24, 2.45) is 0 Å². The first-order valence-electron chi connectivity index (χ1n) is 4.97. The van der Waals surface area contributed by atoms with Gasteiger partial charge in [0.2, 0.25) is 5.67 Å². The fraction of sp³-hybridized carbons (Fsp3) is 0.889. The van der Waals surface area contributed by atoms with Gasteiger partial charge in [-0.3, -0.25) is 0 Å². The molecule has 11 heteroatoms. The standard InChI is InChI=1S/C9H5F9O2/c1-20-3(19)6(13)7(14)5(11,12)2-4(10,8(6,15)16)9(7,17)18/h2H2,1H3. The maximum atomic E-state index is 14.0. The average molecular weight is 316 g/mol. The molecule has 2 fully saturated rings. The zero-order valence-corrected chi connectivity index (χ0v) is 9.43. The highest BCUT2D eigenvalue weighted by atomic mass is 19.3. The van der Waals surface area contributed by atoms with E-state index in [0.717, 1.165) is 0 Å². The molecule has 2 bridgehead atoms. The first-order valence-corrected chi connectivity index (χ1v) is 4.97. The van der Waals surface area contributed by atoms with Crippen LogP contribution in [0.3, 0.4) is 0 Å². The van der Waals surface area contributed by atoms with E-state index < -0.39 is 47.2 Å². The first kappa shape index (κ1) is 15.2. The van der Waals surface area contributed by atoms with Crippen LogP contribution in [0.5, 0.6) is 0 Å². The van der Waals surface area contributed by atoms with Gasteiger partial charge in [-0.15, -0.1) is 0 Å². The highest BCUT2D eigenvalue weighted by Gasteiger charge is 3.09. The van der Waals surface area contributed by atoms with E-state index >= 15 is 0 Å². The number of ether oxygens (including phenoxy) is 1. The van der Waals surface area contributed by atoms with Gasteiger partial charge in [0.05, 0.1) is 13.5 Å². The molecule has 0 aromatic heterocycles. The van der Waals surface area contributed by atoms with Crippen LogP contribution < -0.4 is 0 Å². The minimum absolute atomic E-state index is 0.177. The fourth-order valence-electron chi connectivity index (χ4n) is 2.72. The minimum atomic E-state index is -6.13. The van der Waals surface area contributed by atoms with Crippen molar-refractivity contribution < 1.29 is 49.0 Å². The molecule has 3 atom stereocenters. The SMILES string of the molecule is COC(=O)C1(F)C(F)(F)C2(F)CC(F)(F)C1(F)C2(F)F. The molecular weight excluding hydrogens is 311 g/mol. The number of esters is 1. The number of rotatable bonds is 1. The molecule has 116 valence electrons. The molecule has 0 radical (unpaired) electrons. The third-order valence-corrected chi connectivity index (χ3v) is 3.77. The van der Waals surface area contributed by atoms with Gasteiger partial charge in [-0.1, -0.05) is 0 Å². The molecule has 2 rings (SSSR count). The summed E-state index contributed by atoms with van der Waals surface area (Å²) < 4.78 is 125. The number of hydrogen-bond donors (Lipinski definition) is 0. The summed E-state index contributed by atoms with van der Waals surface area (Å²) in [4.78, 5) is 10.9. The Bertz CT molecular complexity index is 492. The number of carbonyl (C=O) groups is 1. The number of hydrogen-bond acceptors (Lipinski definition) is 2. The molecule has 20 heavy (non-hydrogen) atoms. The normalized spacial score (nSPS) is 47.3. The third kappa shape index (κ3) is 0.946. The van der Waals surface area contributed by atoms with Crippen molar-refractivity contribution in [2.75, 3.05) is 7.11 Å². The lowest BCUT2D eigenvalue weighted by atomic mass is 9.77. The maximum absolute atomic E-state index is 14.0. The molecule has 0 aliphatic heterocycles. The summed E-state index contributed by atoms with van der Waals surface area (Å²) >= 11 is 0. The van der Waals surface area contributed by atoms with E-state index in [2.05, 4.69) is 4.74 Å². The van der Waals surface area contributed by atoms with Crippen LogP contribution in [0.15, 0.2) is 0 Å². The van der Waals surface area contributed by atoms with Crippen molar-refractivity contribution in [3.63, 3.8) is 0 Å². The summed E-state index contributed by atoms with van der Waals surface area (Å²) in [6.45, 7) is 0. The van der Waals surface area contributed by atoms with Gasteiger partial charge in [-0.2, -0.15) is 17.6 Å². The highest BCUT2D eigenvalue weighted by Crippen LogP contribution is 2.78. The van der Waals surface area contributed by atoms with Crippen LogP contribution in [-0.4, -0.2) is 47.9 Å². The predicted octanol–water partition coefficient (Wildman–Crippen LogP) is 2.61. The van der Waals surface area contributed by atoms with E-state index in [0.29, 0.717) is 0 Å². The lowest BCUT2D eigenvalue weighted by molar-refractivity contribution is -0.287. The van der Waals surface area contributed by atoms with Crippen LogP contribution in [-0.2, 0) is 9.53 Å². The number of halogens is 9. The summed E-state index contributed by atoms with van der Waals surface area (Å²) in [6, 6.07) is 0. The molecule has 2 aliphatic carbocycles. The zero-order valence-electron chi connectivity index (χ0n) is 9.43.